The number of nitrogens with zero attached hydrogens (tertiary/aromatic N) is 2. The zero-order valence-electron chi connectivity index (χ0n) is 11.3. The van der Waals surface area contributed by atoms with E-state index in [1.807, 2.05) is 24.3 Å². The normalized spacial score (nSPS) is 10.9. The van der Waals surface area contributed by atoms with Gasteiger partial charge >= 0.3 is 0 Å². The summed E-state index contributed by atoms with van der Waals surface area (Å²) in [6, 6.07) is 7.83. The minimum Gasteiger partial charge on any atom is -0.365 e. The Kier molecular flexibility index (Phi) is 3.59. The van der Waals surface area contributed by atoms with Gasteiger partial charge in [0.05, 0.1) is 5.39 Å². The maximum atomic E-state index is 6.00. The van der Waals surface area contributed by atoms with Gasteiger partial charge in [0.15, 0.2) is 0 Å². The number of hydrogen-bond acceptors (Lipinski definition) is 4. The zero-order chi connectivity index (χ0) is 14.1. The van der Waals surface area contributed by atoms with Gasteiger partial charge in [0.1, 0.15) is 17.0 Å². The molecule has 3 rings (SSSR count). The lowest BCUT2D eigenvalue weighted by Gasteiger charge is -2.07. The summed E-state index contributed by atoms with van der Waals surface area (Å²) in [7, 11) is 0. The summed E-state index contributed by atoms with van der Waals surface area (Å²) in [5, 5.41) is 5.25. The minimum atomic E-state index is 0.695. The molecule has 0 amide bonds. The lowest BCUT2D eigenvalue weighted by Crippen LogP contribution is -2.02. The predicted octanol–water partition coefficient (Wildman–Crippen LogP) is 4.57. The van der Waals surface area contributed by atoms with E-state index in [1.54, 1.807) is 17.7 Å². The van der Waals surface area contributed by atoms with Crippen molar-refractivity contribution in [3.63, 3.8) is 0 Å². The summed E-state index contributed by atoms with van der Waals surface area (Å²) >= 11 is 7.70. The molecule has 0 aliphatic carbocycles. The van der Waals surface area contributed by atoms with Crippen molar-refractivity contribution in [2.75, 3.05) is 5.32 Å². The molecule has 3 nitrogen and oxygen atoms in total. The van der Waals surface area contributed by atoms with Crippen LogP contribution in [0.1, 0.15) is 16.0 Å². The summed E-state index contributed by atoms with van der Waals surface area (Å²) < 4.78 is 0. The largest absolute Gasteiger partial charge is 0.365 e. The molecule has 0 radical (unpaired) electrons. The maximum Gasteiger partial charge on any atom is 0.138 e. The molecule has 0 aliphatic heterocycles. The lowest BCUT2D eigenvalue weighted by atomic mass is 10.2. The second kappa shape index (κ2) is 5.38. The molecule has 0 aliphatic rings. The monoisotopic (exact) mass is 303 g/mol. The van der Waals surface area contributed by atoms with E-state index in [9.17, 15) is 0 Å². The lowest BCUT2D eigenvalue weighted by molar-refractivity contribution is 1.10. The number of aryl methyl sites for hydroxylation is 2. The Labute approximate surface area is 126 Å². The van der Waals surface area contributed by atoms with E-state index in [-0.39, 0.29) is 0 Å². The van der Waals surface area contributed by atoms with Crippen LogP contribution in [0.2, 0.25) is 5.02 Å². The summed E-state index contributed by atoms with van der Waals surface area (Å²) in [5.41, 5.74) is 2.38. The van der Waals surface area contributed by atoms with Crippen molar-refractivity contribution in [1.29, 1.82) is 0 Å². The van der Waals surface area contributed by atoms with Crippen LogP contribution >= 0.6 is 22.9 Å². The summed E-state index contributed by atoms with van der Waals surface area (Å²) in [4.78, 5) is 11.0. The molecule has 0 fully saturated rings. The van der Waals surface area contributed by atoms with Gasteiger partial charge in [0.2, 0.25) is 0 Å². The average Bonchev–Trinajstić information content (AvgIpc) is 2.73. The molecule has 0 atom stereocenters. The number of rotatable bonds is 3. The van der Waals surface area contributed by atoms with Crippen LogP contribution < -0.4 is 5.32 Å². The van der Waals surface area contributed by atoms with Crippen LogP contribution in [0.3, 0.4) is 0 Å². The molecule has 102 valence electrons. The van der Waals surface area contributed by atoms with Gasteiger partial charge in [-0.15, -0.1) is 11.3 Å². The molecule has 0 bridgehead atoms. The molecule has 0 unspecified atom stereocenters. The molecule has 1 N–H and O–H groups in total. The quantitative estimate of drug-likeness (QED) is 0.770. The van der Waals surface area contributed by atoms with Crippen molar-refractivity contribution in [2.24, 2.45) is 0 Å². The first-order valence-electron chi connectivity index (χ1n) is 6.34. The van der Waals surface area contributed by atoms with Crippen molar-refractivity contribution >= 4 is 39.0 Å². The smallest absolute Gasteiger partial charge is 0.138 e. The minimum absolute atomic E-state index is 0.695. The number of anilines is 1. The SMILES string of the molecule is Cc1sc2ncnc(NCc3cccc(Cl)c3)c2c1C. The van der Waals surface area contributed by atoms with E-state index in [0.29, 0.717) is 6.54 Å². The van der Waals surface area contributed by atoms with Crippen molar-refractivity contribution in [2.45, 2.75) is 20.4 Å². The maximum absolute atomic E-state index is 6.00. The number of thiophene rings is 1. The molecule has 0 saturated heterocycles. The Balaban J connectivity index is 1.91. The highest BCUT2D eigenvalue weighted by Gasteiger charge is 2.11. The number of aromatic nitrogens is 2. The van der Waals surface area contributed by atoms with Gasteiger partial charge in [-0.1, -0.05) is 23.7 Å². The number of nitrogens with one attached hydrogen (secondary N) is 1. The molecule has 5 heteroatoms. The van der Waals surface area contributed by atoms with Crippen LogP contribution in [0, 0.1) is 13.8 Å². The van der Waals surface area contributed by atoms with Gasteiger partial charge in [0, 0.05) is 16.4 Å². The molecule has 2 aromatic heterocycles. The average molecular weight is 304 g/mol. The number of hydrogen-bond donors (Lipinski definition) is 1. The fourth-order valence-corrected chi connectivity index (χ4v) is 3.36. The van der Waals surface area contributed by atoms with Crippen LogP contribution in [-0.2, 0) is 6.54 Å². The third-order valence-corrected chi connectivity index (χ3v) is 4.66. The van der Waals surface area contributed by atoms with Gasteiger partial charge in [-0.25, -0.2) is 9.97 Å². The molecule has 0 saturated carbocycles. The second-order valence-corrected chi connectivity index (χ2v) is 6.31. The molecular formula is C15H14ClN3S. The van der Waals surface area contributed by atoms with Crippen molar-refractivity contribution in [3.05, 3.63) is 51.6 Å². The molecule has 20 heavy (non-hydrogen) atoms. The van der Waals surface area contributed by atoms with E-state index in [2.05, 4.69) is 29.1 Å². The Morgan fingerprint density at radius 3 is 2.90 bits per heavy atom. The highest BCUT2D eigenvalue weighted by atomic mass is 35.5. The highest BCUT2D eigenvalue weighted by Crippen LogP contribution is 2.32. The van der Waals surface area contributed by atoms with Crippen molar-refractivity contribution < 1.29 is 0 Å². The van der Waals surface area contributed by atoms with Crippen LogP contribution in [0.25, 0.3) is 10.2 Å². The third-order valence-electron chi connectivity index (χ3n) is 3.31. The topological polar surface area (TPSA) is 37.8 Å². The van der Waals surface area contributed by atoms with E-state index >= 15 is 0 Å². The van der Waals surface area contributed by atoms with Gasteiger partial charge < -0.3 is 5.32 Å². The van der Waals surface area contributed by atoms with Gasteiger partial charge in [0.25, 0.3) is 0 Å². The van der Waals surface area contributed by atoms with E-state index in [4.69, 9.17) is 11.6 Å². The second-order valence-electron chi connectivity index (χ2n) is 4.67. The van der Waals surface area contributed by atoms with E-state index < -0.39 is 0 Å². The Morgan fingerprint density at radius 2 is 2.10 bits per heavy atom. The number of benzene rings is 1. The first kappa shape index (κ1) is 13.3. The zero-order valence-corrected chi connectivity index (χ0v) is 12.8. The first-order chi connectivity index (χ1) is 9.65. The Hall–Kier alpha value is -1.65. The third kappa shape index (κ3) is 2.49. The summed E-state index contributed by atoms with van der Waals surface area (Å²) in [5.74, 6) is 0.886. The van der Waals surface area contributed by atoms with Crippen LogP contribution in [0.15, 0.2) is 30.6 Å². The molecular weight excluding hydrogens is 290 g/mol. The van der Waals surface area contributed by atoms with E-state index in [0.717, 1.165) is 26.6 Å². The molecule has 2 heterocycles. The van der Waals surface area contributed by atoms with Gasteiger partial charge in [-0.2, -0.15) is 0 Å². The predicted molar refractivity (Wildman–Crippen MR) is 85.7 cm³/mol. The van der Waals surface area contributed by atoms with Crippen molar-refractivity contribution in [1.82, 2.24) is 9.97 Å². The standard InChI is InChI=1S/C15H14ClN3S/c1-9-10(2)20-15-13(9)14(18-8-19-15)17-7-11-4-3-5-12(16)6-11/h3-6,8H,7H2,1-2H3,(H,17,18,19). The number of fused-ring (bicyclic) bond motifs is 1. The fourth-order valence-electron chi connectivity index (χ4n) is 2.15. The Bertz CT molecular complexity index is 767. The summed E-state index contributed by atoms with van der Waals surface area (Å²) in [6.45, 7) is 4.92. The van der Waals surface area contributed by atoms with Crippen LogP contribution in [0.5, 0.6) is 0 Å². The van der Waals surface area contributed by atoms with Gasteiger partial charge in [-0.05, 0) is 37.1 Å². The Morgan fingerprint density at radius 1 is 1.25 bits per heavy atom. The van der Waals surface area contributed by atoms with E-state index in [1.165, 1.54) is 10.4 Å². The van der Waals surface area contributed by atoms with Crippen molar-refractivity contribution in [3.8, 4) is 0 Å². The van der Waals surface area contributed by atoms with Crippen LogP contribution in [0.4, 0.5) is 5.82 Å². The van der Waals surface area contributed by atoms with Gasteiger partial charge in [-0.3, -0.25) is 0 Å². The molecule has 3 aromatic rings. The fraction of sp³-hybridized carbons (Fsp3) is 0.200. The molecule has 1 aromatic carbocycles. The van der Waals surface area contributed by atoms with Crippen LogP contribution in [-0.4, -0.2) is 9.97 Å². The summed E-state index contributed by atoms with van der Waals surface area (Å²) in [6.07, 6.45) is 1.61. The first-order valence-corrected chi connectivity index (χ1v) is 7.53. The molecule has 0 spiro atoms. The highest BCUT2D eigenvalue weighted by molar-refractivity contribution is 7.18. The number of halogens is 1.